The number of ether oxygens (including phenoxy) is 1. The van der Waals surface area contributed by atoms with Gasteiger partial charge in [0.2, 0.25) is 0 Å². The van der Waals surface area contributed by atoms with E-state index in [4.69, 9.17) is 4.74 Å². The number of aryl methyl sites for hydroxylation is 1. The third-order valence-corrected chi connectivity index (χ3v) is 3.16. The van der Waals surface area contributed by atoms with Crippen LogP contribution >= 0.6 is 0 Å². The maximum Gasteiger partial charge on any atom is 0.122 e. The number of rotatable bonds is 1. The number of hydrogen-bond donors (Lipinski definition) is 0. The summed E-state index contributed by atoms with van der Waals surface area (Å²) >= 11 is 0. The van der Waals surface area contributed by atoms with Crippen LogP contribution in [0.4, 0.5) is 0 Å². The van der Waals surface area contributed by atoms with E-state index in [-0.39, 0.29) is 10.8 Å². The predicted octanol–water partition coefficient (Wildman–Crippen LogP) is 4.60. The second kappa shape index (κ2) is 4.36. The molecule has 0 bridgehead atoms. The Kier molecular flexibility index (Phi) is 3.61. The Morgan fingerprint density at radius 1 is 0.824 bits per heavy atom. The van der Waals surface area contributed by atoms with Gasteiger partial charge in [0.1, 0.15) is 5.75 Å². The van der Waals surface area contributed by atoms with E-state index < -0.39 is 0 Å². The first-order chi connectivity index (χ1) is 7.57. The molecule has 1 aromatic rings. The van der Waals surface area contributed by atoms with E-state index in [2.05, 4.69) is 60.6 Å². The Balaban J connectivity index is 3.46. The molecule has 1 rings (SSSR count). The van der Waals surface area contributed by atoms with Crippen LogP contribution in [0.2, 0.25) is 0 Å². The highest BCUT2D eigenvalue weighted by molar-refractivity contribution is 5.47. The van der Waals surface area contributed by atoms with Gasteiger partial charge in [-0.15, -0.1) is 0 Å². The molecule has 0 heterocycles. The fourth-order valence-electron chi connectivity index (χ4n) is 2.25. The lowest BCUT2D eigenvalue weighted by atomic mass is 9.79. The molecule has 0 saturated heterocycles. The van der Waals surface area contributed by atoms with Gasteiger partial charge in [-0.25, -0.2) is 0 Å². The van der Waals surface area contributed by atoms with Crippen molar-refractivity contribution in [1.29, 1.82) is 0 Å². The quantitative estimate of drug-likeness (QED) is 0.690. The van der Waals surface area contributed by atoms with Crippen molar-refractivity contribution in [3.63, 3.8) is 0 Å². The van der Waals surface area contributed by atoms with Crippen LogP contribution in [0.5, 0.6) is 5.75 Å². The highest BCUT2D eigenvalue weighted by atomic mass is 16.5. The first-order valence-electron chi connectivity index (χ1n) is 6.27. The van der Waals surface area contributed by atoms with Gasteiger partial charge in [-0.3, -0.25) is 0 Å². The monoisotopic (exact) mass is 234 g/mol. The Morgan fingerprint density at radius 2 is 1.29 bits per heavy atom. The third kappa shape index (κ3) is 3.02. The summed E-state index contributed by atoms with van der Waals surface area (Å²) < 4.78 is 5.56. The molecule has 0 unspecified atom stereocenters. The lowest BCUT2D eigenvalue weighted by Gasteiger charge is -2.28. The molecule has 17 heavy (non-hydrogen) atoms. The summed E-state index contributed by atoms with van der Waals surface area (Å²) in [6.07, 6.45) is 0. The van der Waals surface area contributed by atoms with Crippen LogP contribution in [0.3, 0.4) is 0 Å². The standard InChI is InChI=1S/C16H26O/c1-11-9-13(16(5,6)7)14(17-8)10-12(11)15(2,3)4/h9-10H,1-8H3. The maximum atomic E-state index is 5.56. The van der Waals surface area contributed by atoms with Gasteiger partial charge < -0.3 is 4.74 Å². The van der Waals surface area contributed by atoms with Crippen molar-refractivity contribution in [1.82, 2.24) is 0 Å². The molecule has 0 spiro atoms. The molecule has 0 saturated carbocycles. The summed E-state index contributed by atoms with van der Waals surface area (Å²) in [6.45, 7) is 15.6. The van der Waals surface area contributed by atoms with E-state index in [1.54, 1.807) is 7.11 Å². The smallest absolute Gasteiger partial charge is 0.122 e. The summed E-state index contributed by atoms with van der Waals surface area (Å²) in [5, 5.41) is 0. The molecule has 1 nitrogen and oxygen atoms in total. The number of methoxy groups -OCH3 is 1. The number of benzene rings is 1. The van der Waals surface area contributed by atoms with Crippen LogP contribution in [-0.2, 0) is 10.8 Å². The molecule has 1 heteroatoms. The van der Waals surface area contributed by atoms with E-state index in [1.807, 2.05) is 0 Å². The van der Waals surface area contributed by atoms with Crippen molar-refractivity contribution in [2.24, 2.45) is 0 Å². The molecule has 0 fully saturated rings. The Labute approximate surface area is 106 Å². The highest BCUT2D eigenvalue weighted by Gasteiger charge is 2.23. The topological polar surface area (TPSA) is 9.23 Å². The average molecular weight is 234 g/mol. The van der Waals surface area contributed by atoms with Gasteiger partial charge in [-0.2, -0.15) is 0 Å². The first-order valence-corrected chi connectivity index (χ1v) is 6.27. The van der Waals surface area contributed by atoms with Gasteiger partial charge in [0.05, 0.1) is 7.11 Å². The molecular weight excluding hydrogens is 208 g/mol. The SMILES string of the molecule is COc1cc(C(C)(C)C)c(C)cc1C(C)(C)C. The second-order valence-electron chi connectivity index (χ2n) is 6.87. The summed E-state index contributed by atoms with van der Waals surface area (Å²) in [7, 11) is 1.76. The number of hydrogen-bond acceptors (Lipinski definition) is 1. The molecule has 1 aromatic carbocycles. The Bertz CT molecular complexity index is 403. The Morgan fingerprint density at radius 3 is 1.65 bits per heavy atom. The molecule has 0 aliphatic rings. The van der Waals surface area contributed by atoms with Crippen molar-refractivity contribution >= 4 is 0 Å². The van der Waals surface area contributed by atoms with Gasteiger partial charge >= 0.3 is 0 Å². The van der Waals surface area contributed by atoms with E-state index in [0.29, 0.717) is 0 Å². The molecule has 0 aromatic heterocycles. The zero-order valence-electron chi connectivity index (χ0n) is 12.6. The normalized spacial score (nSPS) is 12.7. The van der Waals surface area contributed by atoms with Crippen molar-refractivity contribution < 1.29 is 4.74 Å². The second-order valence-corrected chi connectivity index (χ2v) is 6.87. The molecule has 0 aliphatic heterocycles. The van der Waals surface area contributed by atoms with Gasteiger partial charge in [0, 0.05) is 0 Å². The average Bonchev–Trinajstić information content (AvgIpc) is 2.14. The van der Waals surface area contributed by atoms with Crippen molar-refractivity contribution in [2.45, 2.75) is 59.3 Å². The van der Waals surface area contributed by atoms with Crippen LogP contribution in [0.15, 0.2) is 12.1 Å². The van der Waals surface area contributed by atoms with Gasteiger partial charge in [0.25, 0.3) is 0 Å². The molecule has 0 amide bonds. The molecule has 0 aliphatic carbocycles. The van der Waals surface area contributed by atoms with E-state index >= 15 is 0 Å². The zero-order chi connectivity index (χ0) is 13.4. The molecule has 0 N–H and O–H groups in total. The summed E-state index contributed by atoms with van der Waals surface area (Å²) in [4.78, 5) is 0. The minimum atomic E-state index is 0.118. The minimum Gasteiger partial charge on any atom is -0.496 e. The van der Waals surface area contributed by atoms with Crippen LogP contribution in [-0.4, -0.2) is 7.11 Å². The summed E-state index contributed by atoms with van der Waals surface area (Å²) in [6, 6.07) is 4.48. The lowest BCUT2D eigenvalue weighted by molar-refractivity contribution is 0.395. The fourth-order valence-corrected chi connectivity index (χ4v) is 2.25. The third-order valence-electron chi connectivity index (χ3n) is 3.16. The summed E-state index contributed by atoms with van der Waals surface area (Å²) in [5.74, 6) is 1.01. The van der Waals surface area contributed by atoms with Gasteiger partial charge in [-0.1, -0.05) is 47.6 Å². The fraction of sp³-hybridized carbons (Fsp3) is 0.625. The molecule has 0 radical (unpaired) electrons. The first kappa shape index (κ1) is 14.1. The van der Waals surface area contributed by atoms with E-state index in [1.165, 1.54) is 16.7 Å². The van der Waals surface area contributed by atoms with Crippen molar-refractivity contribution in [3.8, 4) is 5.75 Å². The summed E-state index contributed by atoms with van der Waals surface area (Å²) in [5.41, 5.74) is 4.27. The molecular formula is C16H26O. The van der Waals surface area contributed by atoms with E-state index in [0.717, 1.165) is 5.75 Å². The zero-order valence-corrected chi connectivity index (χ0v) is 12.6. The minimum absolute atomic E-state index is 0.118. The van der Waals surface area contributed by atoms with Crippen LogP contribution in [0.25, 0.3) is 0 Å². The van der Waals surface area contributed by atoms with Crippen LogP contribution in [0.1, 0.15) is 58.2 Å². The largest absolute Gasteiger partial charge is 0.496 e. The molecule has 0 atom stereocenters. The molecule has 96 valence electrons. The van der Waals surface area contributed by atoms with Crippen molar-refractivity contribution in [2.75, 3.05) is 7.11 Å². The highest BCUT2D eigenvalue weighted by Crippen LogP contribution is 2.37. The van der Waals surface area contributed by atoms with Gasteiger partial charge in [-0.05, 0) is 40.5 Å². The van der Waals surface area contributed by atoms with Crippen LogP contribution < -0.4 is 4.74 Å². The Hall–Kier alpha value is -0.980. The van der Waals surface area contributed by atoms with Gasteiger partial charge in [0.15, 0.2) is 0 Å². The van der Waals surface area contributed by atoms with Crippen LogP contribution in [0, 0.1) is 6.92 Å². The van der Waals surface area contributed by atoms with Crippen molar-refractivity contribution in [3.05, 3.63) is 28.8 Å². The van der Waals surface area contributed by atoms with E-state index in [9.17, 15) is 0 Å². The maximum absolute atomic E-state index is 5.56. The lowest BCUT2D eigenvalue weighted by Crippen LogP contribution is -2.17. The predicted molar refractivity (Wildman–Crippen MR) is 75.1 cm³/mol.